The van der Waals surface area contributed by atoms with Crippen LogP contribution in [-0.4, -0.2) is 14.2 Å². The Morgan fingerprint density at radius 3 is 2.27 bits per heavy atom. The lowest BCUT2D eigenvalue weighted by Crippen LogP contribution is -2.22. The number of methoxy groups -OCH3 is 1. The number of benzene rings is 1. The number of ether oxygens (including phenoxy) is 1. The number of nitrogens with one attached hydrogen (secondary N) is 1. The van der Waals surface area contributed by atoms with Gasteiger partial charge < -0.3 is 10.1 Å². The van der Waals surface area contributed by atoms with Crippen LogP contribution in [-0.2, 0) is 0 Å². The summed E-state index contributed by atoms with van der Waals surface area (Å²) in [5.74, 6) is 1.56. The van der Waals surface area contributed by atoms with Crippen LogP contribution in [0.5, 0.6) is 5.75 Å². The van der Waals surface area contributed by atoms with Gasteiger partial charge in [0.1, 0.15) is 5.75 Å². The third-order valence-electron chi connectivity index (χ3n) is 3.00. The predicted octanol–water partition coefficient (Wildman–Crippen LogP) is 3.00. The molecule has 2 heteroatoms. The second-order valence-corrected chi connectivity index (χ2v) is 3.93. The Morgan fingerprint density at radius 2 is 1.87 bits per heavy atom. The first-order chi connectivity index (χ1) is 7.22. The van der Waals surface area contributed by atoms with Gasteiger partial charge in [-0.3, -0.25) is 0 Å². The van der Waals surface area contributed by atoms with E-state index in [2.05, 4.69) is 31.3 Å². The average Bonchev–Trinajstić information content (AvgIpc) is 2.30. The summed E-state index contributed by atoms with van der Waals surface area (Å²) in [5, 5.41) is 3.37. The van der Waals surface area contributed by atoms with Crippen LogP contribution in [0.15, 0.2) is 24.3 Å². The Labute approximate surface area is 92.6 Å². The number of hydrogen-bond donors (Lipinski definition) is 1. The molecule has 0 fully saturated rings. The maximum atomic E-state index is 5.15. The van der Waals surface area contributed by atoms with Crippen LogP contribution in [0, 0.1) is 5.92 Å². The minimum Gasteiger partial charge on any atom is -0.497 e. The number of hydrogen-bond acceptors (Lipinski definition) is 2. The zero-order chi connectivity index (χ0) is 11.3. The van der Waals surface area contributed by atoms with Gasteiger partial charge >= 0.3 is 0 Å². The van der Waals surface area contributed by atoms with E-state index in [9.17, 15) is 0 Å². The molecule has 1 rings (SSSR count). The maximum Gasteiger partial charge on any atom is 0.118 e. The monoisotopic (exact) mass is 207 g/mol. The van der Waals surface area contributed by atoms with Gasteiger partial charge in [-0.15, -0.1) is 0 Å². The van der Waals surface area contributed by atoms with E-state index >= 15 is 0 Å². The Kier molecular flexibility index (Phi) is 4.63. The van der Waals surface area contributed by atoms with Crippen molar-refractivity contribution in [1.29, 1.82) is 0 Å². The van der Waals surface area contributed by atoms with E-state index in [1.807, 2.05) is 19.2 Å². The van der Waals surface area contributed by atoms with Crippen LogP contribution in [0.2, 0.25) is 0 Å². The van der Waals surface area contributed by atoms with Crippen molar-refractivity contribution >= 4 is 0 Å². The smallest absolute Gasteiger partial charge is 0.118 e. The third-order valence-corrected chi connectivity index (χ3v) is 3.00. The highest BCUT2D eigenvalue weighted by atomic mass is 16.5. The summed E-state index contributed by atoms with van der Waals surface area (Å²) in [5.41, 5.74) is 1.33. The summed E-state index contributed by atoms with van der Waals surface area (Å²) in [4.78, 5) is 0. The van der Waals surface area contributed by atoms with Gasteiger partial charge in [0.2, 0.25) is 0 Å². The summed E-state index contributed by atoms with van der Waals surface area (Å²) in [7, 11) is 3.71. The molecule has 0 amide bonds. The molecule has 0 saturated heterocycles. The summed E-state index contributed by atoms with van der Waals surface area (Å²) in [6, 6.07) is 8.73. The molecule has 2 unspecified atom stereocenters. The second-order valence-electron chi connectivity index (χ2n) is 3.93. The predicted molar refractivity (Wildman–Crippen MR) is 64.2 cm³/mol. The Bertz CT molecular complexity index is 281. The quantitative estimate of drug-likeness (QED) is 0.801. The van der Waals surface area contributed by atoms with Crippen LogP contribution in [0.25, 0.3) is 0 Å². The topological polar surface area (TPSA) is 21.3 Å². The fourth-order valence-corrected chi connectivity index (χ4v) is 1.83. The average molecular weight is 207 g/mol. The lowest BCUT2D eigenvalue weighted by Gasteiger charge is -2.23. The van der Waals surface area contributed by atoms with Crippen molar-refractivity contribution in [3.8, 4) is 5.75 Å². The van der Waals surface area contributed by atoms with Crippen molar-refractivity contribution in [2.45, 2.75) is 26.3 Å². The van der Waals surface area contributed by atoms with Crippen LogP contribution in [0.4, 0.5) is 0 Å². The molecule has 2 atom stereocenters. The molecule has 0 aliphatic heterocycles. The highest BCUT2D eigenvalue weighted by molar-refractivity contribution is 5.29. The minimum absolute atomic E-state index is 0.431. The molecule has 0 aromatic heterocycles. The fourth-order valence-electron chi connectivity index (χ4n) is 1.83. The van der Waals surface area contributed by atoms with Crippen molar-refractivity contribution in [2.24, 2.45) is 5.92 Å². The maximum absolute atomic E-state index is 5.15. The van der Waals surface area contributed by atoms with E-state index in [0.29, 0.717) is 12.0 Å². The standard InChI is InChI=1S/C13H21NO/c1-5-10(2)13(14-3)11-6-8-12(15-4)9-7-11/h6-10,13-14H,5H2,1-4H3. The zero-order valence-corrected chi connectivity index (χ0v) is 10.1. The normalized spacial score (nSPS) is 14.7. The van der Waals surface area contributed by atoms with Gasteiger partial charge in [-0.2, -0.15) is 0 Å². The third kappa shape index (κ3) is 2.96. The molecule has 1 aromatic carbocycles. The van der Waals surface area contributed by atoms with Gasteiger partial charge in [0.25, 0.3) is 0 Å². The molecular weight excluding hydrogens is 186 g/mol. The molecule has 0 aliphatic rings. The van der Waals surface area contributed by atoms with Gasteiger partial charge in [-0.1, -0.05) is 32.4 Å². The van der Waals surface area contributed by atoms with Crippen molar-refractivity contribution in [1.82, 2.24) is 5.32 Å². The first-order valence-electron chi connectivity index (χ1n) is 5.54. The lowest BCUT2D eigenvalue weighted by molar-refractivity contribution is 0.397. The molecule has 0 bridgehead atoms. The van der Waals surface area contributed by atoms with Crippen LogP contribution in [0.3, 0.4) is 0 Å². The summed E-state index contributed by atoms with van der Waals surface area (Å²) >= 11 is 0. The Hall–Kier alpha value is -1.02. The molecule has 0 heterocycles. The molecule has 1 aromatic rings. The van der Waals surface area contributed by atoms with Crippen LogP contribution in [0.1, 0.15) is 31.9 Å². The van der Waals surface area contributed by atoms with Gasteiger partial charge in [0.05, 0.1) is 7.11 Å². The van der Waals surface area contributed by atoms with Crippen molar-refractivity contribution < 1.29 is 4.74 Å². The summed E-state index contributed by atoms with van der Waals surface area (Å²) in [6.45, 7) is 4.49. The van der Waals surface area contributed by atoms with E-state index in [-0.39, 0.29) is 0 Å². The Balaban J connectivity index is 2.83. The highest BCUT2D eigenvalue weighted by Crippen LogP contribution is 2.25. The largest absolute Gasteiger partial charge is 0.497 e. The molecule has 84 valence electrons. The van der Waals surface area contributed by atoms with Crippen molar-refractivity contribution in [3.05, 3.63) is 29.8 Å². The zero-order valence-electron chi connectivity index (χ0n) is 10.1. The molecule has 0 radical (unpaired) electrons. The lowest BCUT2D eigenvalue weighted by atomic mass is 9.93. The van der Waals surface area contributed by atoms with E-state index in [1.54, 1.807) is 7.11 Å². The highest BCUT2D eigenvalue weighted by Gasteiger charge is 2.15. The molecule has 2 nitrogen and oxygen atoms in total. The van der Waals surface area contributed by atoms with Crippen LogP contribution < -0.4 is 10.1 Å². The van der Waals surface area contributed by atoms with Crippen LogP contribution >= 0.6 is 0 Å². The van der Waals surface area contributed by atoms with Gasteiger partial charge in [-0.25, -0.2) is 0 Å². The van der Waals surface area contributed by atoms with E-state index in [0.717, 1.165) is 5.75 Å². The Morgan fingerprint density at radius 1 is 1.27 bits per heavy atom. The molecule has 0 spiro atoms. The molecular formula is C13H21NO. The molecule has 1 N–H and O–H groups in total. The van der Waals surface area contributed by atoms with Gasteiger partial charge in [-0.05, 0) is 30.7 Å². The molecule has 0 aliphatic carbocycles. The second kappa shape index (κ2) is 5.76. The number of rotatable bonds is 5. The summed E-state index contributed by atoms with van der Waals surface area (Å²) in [6.07, 6.45) is 1.18. The summed E-state index contributed by atoms with van der Waals surface area (Å²) < 4.78 is 5.15. The first-order valence-corrected chi connectivity index (χ1v) is 5.54. The SMILES string of the molecule is CCC(C)C(NC)c1ccc(OC)cc1. The van der Waals surface area contributed by atoms with Crippen molar-refractivity contribution in [2.75, 3.05) is 14.2 Å². The molecule has 15 heavy (non-hydrogen) atoms. The van der Waals surface area contributed by atoms with E-state index in [4.69, 9.17) is 4.74 Å². The van der Waals surface area contributed by atoms with Gasteiger partial charge in [0.15, 0.2) is 0 Å². The van der Waals surface area contributed by atoms with E-state index in [1.165, 1.54) is 12.0 Å². The van der Waals surface area contributed by atoms with E-state index < -0.39 is 0 Å². The fraction of sp³-hybridized carbons (Fsp3) is 0.538. The van der Waals surface area contributed by atoms with Gasteiger partial charge in [0, 0.05) is 6.04 Å². The first kappa shape index (κ1) is 12.1. The minimum atomic E-state index is 0.431. The van der Waals surface area contributed by atoms with Crippen molar-refractivity contribution in [3.63, 3.8) is 0 Å². The molecule has 0 saturated carbocycles.